The van der Waals surface area contributed by atoms with Gasteiger partial charge in [-0.2, -0.15) is 0 Å². The van der Waals surface area contributed by atoms with Crippen molar-refractivity contribution in [1.29, 1.82) is 0 Å². The quantitative estimate of drug-likeness (QED) is 0.285. The van der Waals surface area contributed by atoms with Crippen molar-refractivity contribution in [2.75, 3.05) is 49.9 Å². The summed E-state index contributed by atoms with van der Waals surface area (Å²) in [6.07, 6.45) is 0. The summed E-state index contributed by atoms with van der Waals surface area (Å²) in [5, 5.41) is -0.107. The first kappa shape index (κ1) is 33.9. The van der Waals surface area contributed by atoms with E-state index in [1.54, 1.807) is 23.5 Å². The molecular weight excluding hydrogens is 878 g/mol. The first-order valence-corrected chi connectivity index (χ1v) is 18.5. The Balaban J connectivity index is 1.91. The summed E-state index contributed by atoms with van der Waals surface area (Å²) in [5.74, 6) is 3.96. The fourth-order valence-electron chi connectivity index (χ4n) is 3.23. The fourth-order valence-corrected chi connectivity index (χ4v) is 7.71. The van der Waals surface area contributed by atoms with Crippen LogP contribution in [-0.4, -0.2) is 70.9 Å². The highest BCUT2D eigenvalue weighted by atomic mass is 79.9. The number of alkyl halides is 4. The third kappa shape index (κ3) is 10.3. The molecule has 0 aromatic heterocycles. The van der Waals surface area contributed by atoms with Crippen LogP contribution in [0.25, 0.3) is 0 Å². The highest BCUT2D eigenvalue weighted by Gasteiger charge is 2.23. The Morgan fingerprint density at radius 1 is 0.500 bits per heavy atom. The normalized spacial score (nSPS) is 23.4. The van der Waals surface area contributed by atoms with Gasteiger partial charge in [-0.3, -0.25) is 0 Å². The number of benzene rings is 2. The van der Waals surface area contributed by atoms with Crippen molar-refractivity contribution in [3.63, 3.8) is 0 Å². The zero-order valence-electron chi connectivity index (χ0n) is 19.7. The van der Waals surface area contributed by atoms with Gasteiger partial charge >= 0.3 is 0 Å². The second kappa shape index (κ2) is 17.5. The predicted octanol–water partition coefficient (Wildman–Crippen LogP) is 9.86. The second-order valence-corrected chi connectivity index (χ2v) is 15.9. The number of ether oxygens (including phenoxy) is 4. The van der Waals surface area contributed by atoms with E-state index in [1.165, 1.54) is 0 Å². The maximum absolute atomic E-state index is 6.32. The van der Waals surface area contributed by atoms with Crippen molar-refractivity contribution in [3.8, 4) is 23.0 Å². The SMILES string of the molecule is ClC[C@@H]1COc2cc(Br)c(Br)cc2OC[C@H](CCl)S[C@@H](CCl)COc2cc(Br)c(Br)cc2OC[C@H](CCl)S1. The molecule has 4 nitrogen and oxygen atoms in total. The monoisotopic (exact) mass is 896 g/mol. The highest BCUT2D eigenvalue weighted by molar-refractivity contribution is 9.13. The number of hydrogen-bond donors (Lipinski definition) is 0. The maximum atomic E-state index is 6.32. The summed E-state index contributed by atoms with van der Waals surface area (Å²) in [4.78, 5) is 0. The number of thioether (sulfide) groups is 2. The number of hydrogen-bond acceptors (Lipinski definition) is 6. The van der Waals surface area contributed by atoms with Crippen LogP contribution < -0.4 is 18.9 Å². The van der Waals surface area contributed by atoms with Crippen LogP contribution in [0.15, 0.2) is 42.2 Å². The van der Waals surface area contributed by atoms with Gasteiger partial charge in [0.15, 0.2) is 23.0 Å². The molecule has 0 aliphatic carbocycles. The Hall–Kier alpha value is 1.42. The van der Waals surface area contributed by atoms with Gasteiger partial charge in [0, 0.05) is 41.4 Å². The third-order valence-corrected chi connectivity index (χ3v) is 13.8. The molecule has 0 bridgehead atoms. The van der Waals surface area contributed by atoms with E-state index in [1.807, 2.05) is 24.3 Å². The van der Waals surface area contributed by atoms with Gasteiger partial charge in [-0.15, -0.1) is 69.9 Å². The van der Waals surface area contributed by atoms with Crippen LogP contribution in [0.3, 0.4) is 0 Å². The van der Waals surface area contributed by atoms with Crippen molar-refractivity contribution in [2.24, 2.45) is 0 Å². The topological polar surface area (TPSA) is 36.9 Å². The zero-order valence-corrected chi connectivity index (χ0v) is 30.7. The Kier molecular flexibility index (Phi) is 15.6. The molecule has 38 heavy (non-hydrogen) atoms. The highest BCUT2D eigenvalue weighted by Crippen LogP contribution is 2.39. The van der Waals surface area contributed by atoms with Crippen molar-refractivity contribution in [1.82, 2.24) is 0 Å². The minimum Gasteiger partial charge on any atom is -0.488 e. The predicted molar refractivity (Wildman–Crippen MR) is 179 cm³/mol. The molecule has 4 atom stereocenters. The molecule has 0 spiro atoms. The van der Waals surface area contributed by atoms with Crippen LogP contribution in [0.4, 0.5) is 0 Å². The summed E-state index contributed by atoms with van der Waals surface area (Å²) in [6.45, 7) is 1.47. The van der Waals surface area contributed by atoms with E-state index in [4.69, 9.17) is 65.4 Å². The molecule has 0 saturated heterocycles. The van der Waals surface area contributed by atoms with E-state index in [2.05, 4.69) is 63.7 Å². The first-order chi connectivity index (χ1) is 18.3. The molecule has 14 heteroatoms. The summed E-state index contributed by atoms with van der Waals surface area (Å²) in [5.41, 5.74) is 0. The molecular formula is C24H24Br4Cl4O4S2. The summed E-state index contributed by atoms with van der Waals surface area (Å²) >= 11 is 42.7. The molecule has 3 rings (SSSR count). The van der Waals surface area contributed by atoms with E-state index in [0.717, 1.165) is 17.9 Å². The molecule has 1 aliphatic rings. The first-order valence-electron chi connectivity index (χ1n) is 11.3. The lowest BCUT2D eigenvalue weighted by Gasteiger charge is -2.25. The molecule has 0 unspecified atom stereocenters. The summed E-state index contributed by atoms with van der Waals surface area (Å²) in [6, 6.07) is 7.50. The summed E-state index contributed by atoms with van der Waals surface area (Å²) < 4.78 is 28.2. The van der Waals surface area contributed by atoms with Gasteiger partial charge in [0.25, 0.3) is 0 Å². The van der Waals surface area contributed by atoms with Crippen LogP contribution in [0, 0.1) is 0 Å². The average molecular weight is 902 g/mol. The maximum Gasteiger partial charge on any atom is 0.162 e. The molecule has 0 fully saturated rings. The van der Waals surface area contributed by atoms with Crippen LogP contribution in [0.1, 0.15) is 0 Å². The molecule has 2 aromatic carbocycles. The second-order valence-electron chi connectivity index (χ2n) is 8.05. The van der Waals surface area contributed by atoms with Gasteiger partial charge in [0.05, 0.1) is 21.0 Å². The van der Waals surface area contributed by atoms with Crippen molar-refractivity contribution in [3.05, 3.63) is 42.2 Å². The Bertz CT molecular complexity index is 899. The van der Waals surface area contributed by atoms with Crippen LogP contribution in [0.5, 0.6) is 23.0 Å². The van der Waals surface area contributed by atoms with Crippen LogP contribution in [-0.2, 0) is 0 Å². The molecule has 212 valence electrons. The lowest BCUT2D eigenvalue weighted by Crippen LogP contribution is -2.27. The van der Waals surface area contributed by atoms with Gasteiger partial charge in [-0.25, -0.2) is 0 Å². The van der Waals surface area contributed by atoms with Crippen molar-refractivity contribution < 1.29 is 18.9 Å². The van der Waals surface area contributed by atoms with Gasteiger partial charge in [-0.05, 0) is 88.0 Å². The molecule has 1 heterocycles. The smallest absolute Gasteiger partial charge is 0.162 e. The van der Waals surface area contributed by atoms with E-state index in [0.29, 0.717) is 72.9 Å². The number of rotatable bonds is 4. The van der Waals surface area contributed by atoms with E-state index < -0.39 is 0 Å². The largest absolute Gasteiger partial charge is 0.488 e. The number of halogens is 8. The van der Waals surface area contributed by atoms with Crippen molar-refractivity contribution >= 4 is 134 Å². The van der Waals surface area contributed by atoms with Crippen LogP contribution >= 0.6 is 134 Å². The molecule has 1 aliphatic heterocycles. The van der Waals surface area contributed by atoms with Gasteiger partial charge in [0.1, 0.15) is 26.4 Å². The van der Waals surface area contributed by atoms with Gasteiger partial charge in [-0.1, -0.05) is 0 Å². The van der Waals surface area contributed by atoms with Gasteiger partial charge in [0.2, 0.25) is 0 Å². The molecule has 0 radical (unpaired) electrons. The van der Waals surface area contributed by atoms with Crippen molar-refractivity contribution in [2.45, 2.75) is 21.0 Å². The Labute approximate surface area is 285 Å². The molecule has 0 N–H and O–H groups in total. The summed E-state index contributed by atoms with van der Waals surface area (Å²) in [7, 11) is 0. The minimum atomic E-state index is -0.0267. The number of fused-ring (bicyclic) bond motifs is 2. The average Bonchev–Trinajstić information content (AvgIpc) is 2.91. The third-order valence-electron chi connectivity index (χ3n) is 5.13. The molecule has 0 amide bonds. The lowest BCUT2D eigenvalue weighted by atomic mass is 10.3. The molecule has 0 saturated carbocycles. The minimum absolute atomic E-state index is 0.0267. The fraction of sp³-hybridized carbons (Fsp3) is 0.500. The van der Waals surface area contributed by atoms with E-state index >= 15 is 0 Å². The molecule has 2 aromatic rings. The van der Waals surface area contributed by atoms with Gasteiger partial charge < -0.3 is 18.9 Å². The Morgan fingerprint density at radius 2 is 0.711 bits per heavy atom. The zero-order chi connectivity index (χ0) is 27.7. The van der Waals surface area contributed by atoms with E-state index in [-0.39, 0.29) is 21.0 Å². The Morgan fingerprint density at radius 3 is 0.895 bits per heavy atom. The standard InChI is InChI=1S/C24H24Br4Cl4O4S2/c25-17-1-21-22(2-18(17)26)34-10-14(6-30)38-16(8-32)12-36-24-4-20(28)19(27)3-23(24)35-11-15(7-31)37-13(5-29)9-33-21/h1-4,13-16H,5-12H2/t13-,14-,15-,16+/m0/s1. The van der Waals surface area contributed by atoms with Crippen LogP contribution in [0.2, 0.25) is 0 Å². The lowest BCUT2D eigenvalue weighted by molar-refractivity contribution is 0.266. The van der Waals surface area contributed by atoms with E-state index in [9.17, 15) is 0 Å².